The molecule has 3 atom stereocenters. The Morgan fingerprint density at radius 1 is 1.07 bits per heavy atom. The van der Waals surface area contributed by atoms with Crippen molar-refractivity contribution in [3.05, 3.63) is 65.7 Å². The number of hydrogen-bond acceptors (Lipinski definition) is 4. The van der Waals surface area contributed by atoms with Gasteiger partial charge in [-0.05, 0) is 44.4 Å². The first-order valence-corrected chi connectivity index (χ1v) is 11.1. The van der Waals surface area contributed by atoms with Crippen molar-refractivity contribution >= 4 is 16.3 Å². The molecule has 3 rings (SSSR count). The van der Waals surface area contributed by atoms with Crippen LogP contribution in [0.15, 0.2) is 59.5 Å². The largest absolute Gasteiger partial charge is 0.372 e. The van der Waals surface area contributed by atoms with Crippen LogP contribution in [0, 0.1) is 6.92 Å². The van der Waals surface area contributed by atoms with Gasteiger partial charge in [-0.15, -0.1) is 0 Å². The van der Waals surface area contributed by atoms with Crippen LogP contribution in [-0.4, -0.2) is 37.2 Å². The van der Waals surface area contributed by atoms with E-state index in [2.05, 4.69) is 0 Å². The normalized spacial score (nSPS) is 23.4. The van der Waals surface area contributed by atoms with Crippen molar-refractivity contribution in [1.82, 2.24) is 4.31 Å². The maximum Gasteiger partial charge on any atom is 0.243 e. The second-order valence-corrected chi connectivity index (χ2v) is 9.20. The van der Waals surface area contributed by atoms with Crippen molar-refractivity contribution in [1.29, 1.82) is 0 Å². The Labute approximate surface area is 167 Å². The Morgan fingerprint density at radius 3 is 2.39 bits per heavy atom. The van der Waals surface area contributed by atoms with Crippen LogP contribution in [0.3, 0.4) is 0 Å². The van der Waals surface area contributed by atoms with E-state index in [1.807, 2.05) is 44.2 Å². The molecule has 2 aromatic carbocycles. The molecule has 0 aliphatic carbocycles. The summed E-state index contributed by atoms with van der Waals surface area (Å²) in [5, 5.41) is 0. The second-order valence-electron chi connectivity index (χ2n) is 7.36. The summed E-state index contributed by atoms with van der Waals surface area (Å²) >= 11 is 0. The molecule has 1 aliphatic rings. The van der Waals surface area contributed by atoms with Gasteiger partial charge >= 0.3 is 0 Å². The highest BCUT2D eigenvalue weighted by atomic mass is 32.2. The number of sulfonamides is 1. The molecular weight excluding hydrogens is 374 g/mol. The minimum atomic E-state index is -3.72. The van der Waals surface area contributed by atoms with Crippen LogP contribution in [0.4, 0.5) is 0 Å². The predicted octanol–water partition coefficient (Wildman–Crippen LogP) is 3.71. The fourth-order valence-electron chi connectivity index (χ4n) is 3.80. The summed E-state index contributed by atoms with van der Waals surface area (Å²) in [6.07, 6.45) is 2.12. The van der Waals surface area contributed by atoms with Gasteiger partial charge in [-0.1, -0.05) is 48.0 Å². The smallest absolute Gasteiger partial charge is 0.243 e. The van der Waals surface area contributed by atoms with Crippen LogP contribution in [0.25, 0.3) is 0 Å². The van der Waals surface area contributed by atoms with E-state index in [-0.39, 0.29) is 29.5 Å². The number of carbonyl (C=O) groups is 1. The third kappa shape index (κ3) is 4.51. The minimum Gasteiger partial charge on any atom is -0.372 e. The van der Waals surface area contributed by atoms with Gasteiger partial charge in [-0.2, -0.15) is 4.31 Å². The molecule has 1 fully saturated rings. The summed E-state index contributed by atoms with van der Waals surface area (Å²) in [5.41, 5.74) is 2.05. The van der Waals surface area contributed by atoms with E-state index in [0.717, 1.165) is 23.8 Å². The molecule has 6 heteroatoms. The van der Waals surface area contributed by atoms with Gasteiger partial charge in [-0.25, -0.2) is 8.42 Å². The van der Waals surface area contributed by atoms with Crippen LogP contribution in [-0.2, 0) is 26.2 Å². The Balaban J connectivity index is 1.83. The lowest BCUT2D eigenvalue weighted by molar-refractivity contribution is -0.109. The average molecular weight is 402 g/mol. The molecule has 0 amide bonds. The maximum atomic E-state index is 13.4. The number of piperidine rings is 1. The molecule has 0 N–H and O–H groups in total. The molecule has 5 nitrogen and oxygen atoms in total. The van der Waals surface area contributed by atoms with Gasteiger partial charge in [0, 0.05) is 18.5 Å². The lowest BCUT2D eigenvalue weighted by Gasteiger charge is -2.43. The quantitative estimate of drug-likeness (QED) is 0.664. The Bertz CT molecular complexity index is 881. The van der Waals surface area contributed by atoms with Gasteiger partial charge < -0.3 is 9.53 Å². The molecule has 1 saturated heterocycles. The third-order valence-electron chi connectivity index (χ3n) is 5.36. The molecule has 150 valence electrons. The minimum absolute atomic E-state index is 0.195. The lowest BCUT2D eigenvalue weighted by Crippen LogP contribution is -2.55. The molecule has 0 saturated carbocycles. The Morgan fingerprint density at radius 2 is 1.75 bits per heavy atom. The van der Waals surface area contributed by atoms with Crippen molar-refractivity contribution in [3.63, 3.8) is 0 Å². The van der Waals surface area contributed by atoms with Crippen LogP contribution < -0.4 is 0 Å². The van der Waals surface area contributed by atoms with Crippen molar-refractivity contribution < 1.29 is 17.9 Å². The number of nitrogens with zero attached hydrogens (tertiary/aromatic N) is 1. The summed E-state index contributed by atoms with van der Waals surface area (Å²) in [5.74, 6) is 0. The van der Waals surface area contributed by atoms with E-state index in [9.17, 15) is 13.2 Å². The summed E-state index contributed by atoms with van der Waals surface area (Å²) in [6, 6.07) is 16.0. The first kappa shape index (κ1) is 20.7. The highest BCUT2D eigenvalue weighted by Gasteiger charge is 2.42. The Hall–Kier alpha value is -2.02. The molecule has 0 radical (unpaired) electrons. The van der Waals surface area contributed by atoms with Gasteiger partial charge in [0.15, 0.2) is 0 Å². The molecule has 1 aliphatic heterocycles. The highest BCUT2D eigenvalue weighted by molar-refractivity contribution is 7.89. The van der Waals surface area contributed by atoms with E-state index in [0.29, 0.717) is 13.0 Å². The highest BCUT2D eigenvalue weighted by Crippen LogP contribution is 2.33. The third-order valence-corrected chi connectivity index (χ3v) is 7.41. The van der Waals surface area contributed by atoms with Crippen LogP contribution >= 0.6 is 0 Å². The summed E-state index contributed by atoms with van der Waals surface area (Å²) in [4.78, 5) is 11.4. The van der Waals surface area contributed by atoms with Gasteiger partial charge in [0.2, 0.25) is 10.0 Å². The van der Waals surface area contributed by atoms with E-state index in [1.54, 1.807) is 24.3 Å². The van der Waals surface area contributed by atoms with Crippen molar-refractivity contribution in [2.45, 2.75) is 62.8 Å². The van der Waals surface area contributed by atoms with Gasteiger partial charge in [0.1, 0.15) is 6.29 Å². The van der Waals surface area contributed by atoms with E-state index in [4.69, 9.17) is 4.74 Å². The number of aldehydes is 1. The molecule has 0 aromatic heterocycles. The first-order valence-electron chi connectivity index (χ1n) is 9.63. The first-order chi connectivity index (χ1) is 13.4. The predicted molar refractivity (Wildman–Crippen MR) is 108 cm³/mol. The number of aryl methyl sites for hydroxylation is 1. The van der Waals surface area contributed by atoms with Crippen molar-refractivity contribution in [2.75, 3.05) is 0 Å². The van der Waals surface area contributed by atoms with Crippen LogP contribution in [0.1, 0.15) is 37.3 Å². The summed E-state index contributed by atoms with van der Waals surface area (Å²) < 4.78 is 34.3. The molecular formula is C22H27NO4S. The zero-order chi connectivity index (χ0) is 20.1. The van der Waals surface area contributed by atoms with E-state index in [1.165, 1.54) is 4.31 Å². The van der Waals surface area contributed by atoms with Crippen molar-refractivity contribution in [2.24, 2.45) is 0 Å². The average Bonchev–Trinajstić information content (AvgIpc) is 2.68. The zero-order valence-electron chi connectivity index (χ0n) is 16.3. The number of benzene rings is 2. The lowest BCUT2D eigenvalue weighted by atomic mass is 9.95. The number of carbonyl (C=O) groups excluding carboxylic acids is 1. The van der Waals surface area contributed by atoms with Gasteiger partial charge in [0.05, 0.1) is 17.6 Å². The summed E-state index contributed by atoms with van der Waals surface area (Å²) in [7, 11) is -3.72. The molecule has 0 unspecified atom stereocenters. The van der Waals surface area contributed by atoms with Gasteiger partial charge in [0.25, 0.3) is 0 Å². The van der Waals surface area contributed by atoms with Gasteiger partial charge in [-0.3, -0.25) is 0 Å². The number of hydrogen-bond donors (Lipinski definition) is 0. The molecule has 2 aromatic rings. The van der Waals surface area contributed by atoms with Crippen LogP contribution in [0.2, 0.25) is 0 Å². The molecule has 0 spiro atoms. The Kier molecular flexibility index (Phi) is 6.65. The zero-order valence-corrected chi connectivity index (χ0v) is 17.1. The standard InChI is InChI=1S/C22H27NO4S/c1-17-8-11-21(12-9-17)28(25,26)23-18(2)22(13-10-20(23)14-15-24)27-16-19-6-4-3-5-7-19/h3-9,11-12,15,18,20,22H,10,13-14,16H2,1-2H3/t18-,20-,22-/m0/s1. The SMILES string of the molecule is Cc1ccc(S(=O)(=O)N2[C@H](CC=O)CC[C@H](OCc3ccccc3)[C@@H]2C)cc1. The fraction of sp³-hybridized carbons (Fsp3) is 0.409. The second kappa shape index (κ2) is 8.99. The number of rotatable bonds is 7. The molecule has 0 bridgehead atoms. The maximum absolute atomic E-state index is 13.4. The van der Waals surface area contributed by atoms with Crippen molar-refractivity contribution in [3.8, 4) is 0 Å². The number of ether oxygens (including phenoxy) is 1. The molecule has 1 heterocycles. The summed E-state index contributed by atoms with van der Waals surface area (Å²) in [6.45, 7) is 4.23. The van der Waals surface area contributed by atoms with Crippen LogP contribution in [0.5, 0.6) is 0 Å². The monoisotopic (exact) mass is 401 g/mol. The molecule has 28 heavy (non-hydrogen) atoms. The topological polar surface area (TPSA) is 63.7 Å². The van der Waals surface area contributed by atoms with E-state index < -0.39 is 10.0 Å². The fourth-order valence-corrected chi connectivity index (χ4v) is 5.68. The van der Waals surface area contributed by atoms with E-state index >= 15 is 0 Å².